The summed E-state index contributed by atoms with van der Waals surface area (Å²) in [7, 11) is 1.70. The summed E-state index contributed by atoms with van der Waals surface area (Å²) < 4.78 is 5.03. The van der Waals surface area contributed by atoms with Crippen LogP contribution in [0.1, 0.15) is 39.0 Å². The first-order chi connectivity index (χ1) is 8.15. The van der Waals surface area contributed by atoms with Crippen LogP contribution in [0.2, 0.25) is 0 Å². The van der Waals surface area contributed by atoms with E-state index in [4.69, 9.17) is 9.84 Å². The molecule has 0 aliphatic heterocycles. The third-order valence-electron chi connectivity index (χ3n) is 3.71. The summed E-state index contributed by atoms with van der Waals surface area (Å²) in [6.07, 6.45) is 5.09. The van der Waals surface area contributed by atoms with Gasteiger partial charge in [-0.1, -0.05) is 12.8 Å². The van der Waals surface area contributed by atoms with Crippen molar-refractivity contribution in [2.24, 2.45) is 11.8 Å². The Kier molecular flexibility index (Phi) is 6.52. The lowest BCUT2D eigenvalue weighted by atomic mass is 9.79. The molecule has 0 aromatic rings. The van der Waals surface area contributed by atoms with Crippen LogP contribution in [0.3, 0.4) is 0 Å². The number of carboxylic acid groups (broad SMARTS) is 1. The predicted molar refractivity (Wildman–Crippen MR) is 67.0 cm³/mol. The molecule has 1 fully saturated rings. The van der Waals surface area contributed by atoms with Crippen LogP contribution >= 0.6 is 0 Å². The monoisotopic (exact) mass is 243 g/mol. The van der Waals surface area contributed by atoms with Gasteiger partial charge in [0.2, 0.25) is 0 Å². The van der Waals surface area contributed by atoms with Crippen molar-refractivity contribution in [3.05, 3.63) is 0 Å². The van der Waals surface area contributed by atoms with E-state index in [9.17, 15) is 4.79 Å². The number of nitrogens with one attached hydrogen (secondary N) is 1. The predicted octanol–water partition coefficient (Wildman–Crippen LogP) is 1.89. The van der Waals surface area contributed by atoms with Gasteiger partial charge in [-0.3, -0.25) is 4.79 Å². The molecule has 1 saturated carbocycles. The van der Waals surface area contributed by atoms with Crippen LogP contribution in [0.4, 0.5) is 0 Å². The zero-order valence-corrected chi connectivity index (χ0v) is 10.9. The van der Waals surface area contributed by atoms with E-state index in [1.54, 1.807) is 7.11 Å². The molecular formula is C13H25NO3. The summed E-state index contributed by atoms with van der Waals surface area (Å²) >= 11 is 0. The topological polar surface area (TPSA) is 58.6 Å². The SMILES string of the molecule is COCCC(C)NCC1CCCCC1C(=O)O. The second-order valence-corrected chi connectivity index (χ2v) is 5.08. The zero-order valence-electron chi connectivity index (χ0n) is 10.9. The molecule has 0 saturated heterocycles. The molecule has 1 aliphatic carbocycles. The molecule has 0 aromatic heterocycles. The molecule has 2 N–H and O–H groups in total. The molecule has 3 atom stereocenters. The maximum atomic E-state index is 11.1. The molecule has 0 heterocycles. The van der Waals surface area contributed by atoms with E-state index in [1.165, 1.54) is 6.42 Å². The van der Waals surface area contributed by atoms with Gasteiger partial charge in [-0.15, -0.1) is 0 Å². The maximum Gasteiger partial charge on any atom is 0.306 e. The minimum atomic E-state index is -0.624. The van der Waals surface area contributed by atoms with Crippen molar-refractivity contribution in [2.45, 2.75) is 45.1 Å². The maximum absolute atomic E-state index is 11.1. The van der Waals surface area contributed by atoms with Crippen molar-refractivity contribution >= 4 is 5.97 Å². The Morgan fingerprint density at radius 3 is 2.82 bits per heavy atom. The number of hydrogen-bond acceptors (Lipinski definition) is 3. The van der Waals surface area contributed by atoms with Crippen molar-refractivity contribution in [1.29, 1.82) is 0 Å². The molecule has 0 amide bonds. The normalized spacial score (nSPS) is 26.7. The number of ether oxygens (including phenoxy) is 1. The molecular weight excluding hydrogens is 218 g/mol. The van der Waals surface area contributed by atoms with E-state index >= 15 is 0 Å². The highest BCUT2D eigenvalue weighted by molar-refractivity contribution is 5.70. The third-order valence-corrected chi connectivity index (χ3v) is 3.71. The smallest absolute Gasteiger partial charge is 0.306 e. The number of methoxy groups -OCH3 is 1. The zero-order chi connectivity index (χ0) is 12.7. The summed E-state index contributed by atoms with van der Waals surface area (Å²) in [4.78, 5) is 11.1. The number of hydrogen-bond donors (Lipinski definition) is 2. The average molecular weight is 243 g/mol. The number of carbonyl (C=O) groups is 1. The lowest BCUT2D eigenvalue weighted by Gasteiger charge is -2.29. The Morgan fingerprint density at radius 2 is 2.18 bits per heavy atom. The molecule has 17 heavy (non-hydrogen) atoms. The van der Waals surface area contributed by atoms with Crippen LogP contribution in [-0.4, -0.2) is 37.4 Å². The van der Waals surface area contributed by atoms with Gasteiger partial charge in [0.05, 0.1) is 5.92 Å². The van der Waals surface area contributed by atoms with Crippen molar-refractivity contribution < 1.29 is 14.6 Å². The summed E-state index contributed by atoms with van der Waals surface area (Å²) in [5, 5.41) is 12.6. The van der Waals surface area contributed by atoms with E-state index < -0.39 is 5.97 Å². The summed E-state index contributed by atoms with van der Waals surface area (Å²) in [5.41, 5.74) is 0. The second-order valence-electron chi connectivity index (χ2n) is 5.08. The van der Waals surface area contributed by atoms with Crippen LogP contribution < -0.4 is 5.32 Å². The van der Waals surface area contributed by atoms with Gasteiger partial charge in [-0.05, 0) is 38.6 Å². The van der Waals surface area contributed by atoms with Crippen LogP contribution in [0.15, 0.2) is 0 Å². The quantitative estimate of drug-likeness (QED) is 0.717. The standard InChI is InChI=1S/C13H25NO3/c1-10(7-8-17-2)14-9-11-5-3-4-6-12(11)13(15)16/h10-12,14H,3-9H2,1-2H3,(H,15,16). The Hall–Kier alpha value is -0.610. The van der Waals surface area contributed by atoms with Crippen molar-refractivity contribution in [1.82, 2.24) is 5.32 Å². The first kappa shape index (κ1) is 14.5. The van der Waals surface area contributed by atoms with Gasteiger partial charge in [0.25, 0.3) is 0 Å². The highest BCUT2D eigenvalue weighted by atomic mass is 16.5. The minimum Gasteiger partial charge on any atom is -0.481 e. The first-order valence-corrected chi connectivity index (χ1v) is 6.60. The average Bonchev–Trinajstić information content (AvgIpc) is 2.34. The highest BCUT2D eigenvalue weighted by Gasteiger charge is 2.30. The molecule has 4 heteroatoms. The Balaban J connectivity index is 2.30. The Morgan fingerprint density at radius 1 is 1.47 bits per heavy atom. The van der Waals surface area contributed by atoms with Gasteiger partial charge in [0, 0.05) is 19.8 Å². The Bertz CT molecular complexity index is 233. The lowest BCUT2D eigenvalue weighted by molar-refractivity contribution is -0.144. The first-order valence-electron chi connectivity index (χ1n) is 6.60. The molecule has 4 nitrogen and oxygen atoms in total. The van der Waals surface area contributed by atoms with Crippen LogP contribution in [0.5, 0.6) is 0 Å². The van der Waals surface area contributed by atoms with E-state index in [1.807, 2.05) is 0 Å². The molecule has 1 aliphatic rings. The van der Waals surface area contributed by atoms with Gasteiger partial charge in [0.15, 0.2) is 0 Å². The van der Waals surface area contributed by atoms with Gasteiger partial charge >= 0.3 is 5.97 Å². The highest BCUT2D eigenvalue weighted by Crippen LogP contribution is 2.29. The fourth-order valence-electron chi connectivity index (χ4n) is 2.53. The largest absolute Gasteiger partial charge is 0.481 e. The van der Waals surface area contributed by atoms with Gasteiger partial charge in [-0.2, -0.15) is 0 Å². The second kappa shape index (κ2) is 7.67. The third kappa shape index (κ3) is 5.04. The van der Waals surface area contributed by atoms with E-state index in [2.05, 4.69) is 12.2 Å². The van der Waals surface area contributed by atoms with Crippen molar-refractivity contribution in [3.63, 3.8) is 0 Å². The van der Waals surface area contributed by atoms with Gasteiger partial charge < -0.3 is 15.2 Å². The molecule has 0 spiro atoms. The fraction of sp³-hybridized carbons (Fsp3) is 0.923. The van der Waals surface area contributed by atoms with Crippen molar-refractivity contribution in [2.75, 3.05) is 20.3 Å². The minimum absolute atomic E-state index is 0.147. The lowest BCUT2D eigenvalue weighted by Crippen LogP contribution is -2.38. The Labute approximate surface area is 104 Å². The fourth-order valence-corrected chi connectivity index (χ4v) is 2.53. The van der Waals surface area contributed by atoms with E-state index in [0.717, 1.165) is 38.8 Å². The van der Waals surface area contributed by atoms with Crippen molar-refractivity contribution in [3.8, 4) is 0 Å². The van der Waals surface area contributed by atoms with E-state index in [0.29, 0.717) is 12.0 Å². The summed E-state index contributed by atoms with van der Waals surface area (Å²) in [6.45, 7) is 3.70. The van der Waals surface area contributed by atoms with E-state index in [-0.39, 0.29) is 5.92 Å². The van der Waals surface area contributed by atoms with Crippen LogP contribution in [-0.2, 0) is 9.53 Å². The number of aliphatic carboxylic acids is 1. The summed E-state index contributed by atoms with van der Waals surface area (Å²) in [6, 6.07) is 0.395. The van der Waals surface area contributed by atoms with Crippen LogP contribution in [0, 0.1) is 11.8 Å². The summed E-state index contributed by atoms with van der Waals surface area (Å²) in [5.74, 6) is -0.474. The van der Waals surface area contributed by atoms with Gasteiger partial charge in [-0.25, -0.2) is 0 Å². The molecule has 0 aromatic carbocycles. The molecule has 3 unspecified atom stereocenters. The number of carboxylic acids is 1. The van der Waals surface area contributed by atoms with Gasteiger partial charge in [0.1, 0.15) is 0 Å². The number of rotatable bonds is 7. The van der Waals surface area contributed by atoms with Crippen LogP contribution in [0.25, 0.3) is 0 Å². The molecule has 0 bridgehead atoms. The molecule has 100 valence electrons. The molecule has 1 rings (SSSR count). The molecule has 0 radical (unpaired) electrons.